The normalized spacial score (nSPS) is 19.7. The van der Waals surface area contributed by atoms with Gasteiger partial charge >= 0.3 is 11.0 Å². The highest BCUT2D eigenvalue weighted by molar-refractivity contribution is 8.00. The predicted octanol–water partition coefficient (Wildman–Crippen LogP) is 4.86. The molecule has 2 aromatic carbocycles. The van der Waals surface area contributed by atoms with Crippen molar-refractivity contribution >= 4 is 57.9 Å². The van der Waals surface area contributed by atoms with E-state index < -0.39 is 62.9 Å². The molecule has 4 aromatic rings. The number of fused-ring (bicyclic) bond motifs is 2. The van der Waals surface area contributed by atoms with Gasteiger partial charge in [-0.3, -0.25) is 33.9 Å². The van der Waals surface area contributed by atoms with Crippen LogP contribution in [0.2, 0.25) is 0 Å². The molecule has 0 aliphatic carbocycles. The topological polar surface area (TPSA) is 145 Å². The maximum Gasteiger partial charge on any atom is 0.416 e. The van der Waals surface area contributed by atoms with E-state index in [1.165, 1.54) is 36.6 Å². The summed E-state index contributed by atoms with van der Waals surface area (Å²) in [7, 11) is 0. The van der Waals surface area contributed by atoms with Gasteiger partial charge in [-0.25, -0.2) is 4.90 Å². The molecule has 3 amide bonds. The van der Waals surface area contributed by atoms with Crippen molar-refractivity contribution in [3.63, 3.8) is 0 Å². The number of alkyl halides is 3. The average molecular weight is 631 g/mol. The van der Waals surface area contributed by atoms with Gasteiger partial charge in [0.2, 0.25) is 17.7 Å². The van der Waals surface area contributed by atoms with E-state index in [-0.39, 0.29) is 22.1 Å². The van der Waals surface area contributed by atoms with Crippen LogP contribution in [0.15, 0.2) is 81.2 Å². The van der Waals surface area contributed by atoms with E-state index in [1.807, 2.05) is 0 Å². The first-order chi connectivity index (χ1) is 20.4. The summed E-state index contributed by atoms with van der Waals surface area (Å²) in [5.41, 5.74) is -1.17. The Labute approximate surface area is 247 Å². The second kappa shape index (κ2) is 10.5. The molecule has 2 aromatic heterocycles. The Balaban J connectivity index is 1.34. The van der Waals surface area contributed by atoms with Crippen LogP contribution in [0.1, 0.15) is 22.1 Å². The average Bonchev–Trinajstić information content (AvgIpc) is 3.66. The summed E-state index contributed by atoms with van der Waals surface area (Å²) < 4.78 is 46.1. The molecule has 2 aliphatic heterocycles. The molecule has 3 atom stereocenters. The van der Waals surface area contributed by atoms with Crippen molar-refractivity contribution in [2.45, 2.75) is 28.9 Å². The molecular weight excluding hydrogens is 613 g/mol. The smallest absolute Gasteiger partial charge is 0.416 e. The van der Waals surface area contributed by atoms with Crippen molar-refractivity contribution in [2.24, 2.45) is 5.92 Å². The summed E-state index contributed by atoms with van der Waals surface area (Å²) in [6.07, 6.45) is -3.24. The summed E-state index contributed by atoms with van der Waals surface area (Å²) in [5.74, 6) is -3.52. The number of thioether (sulfide) groups is 1. The van der Waals surface area contributed by atoms with E-state index in [0.29, 0.717) is 10.6 Å². The first kappa shape index (κ1) is 28.4. The number of nitrogens with one attached hydrogen (secondary N) is 1. The Morgan fingerprint density at radius 3 is 2.44 bits per heavy atom. The van der Waals surface area contributed by atoms with E-state index in [2.05, 4.69) is 5.32 Å². The standard InChI is InChI=1S/C27H17F3N4O7S2/c28-27(29,30)13-3-1-4-14(11-13)31-18(35)12-32-25-22(43-26(32)38)19(17-5-2-10-41-17)20-21(42-25)24(37)33(23(20)36)15-6-8-16(9-7-15)34(39)40/h1-11,19-21H,12H2,(H,31,35)/t19-,20?,21?/m1/s1. The zero-order valence-electron chi connectivity index (χ0n) is 21.4. The number of rotatable bonds is 6. The molecule has 16 heteroatoms. The van der Waals surface area contributed by atoms with Gasteiger partial charge in [0, 0.05) is 17.8 Å². The Bertz CT molecular complexity index is 1830. The number of hydrogen-bond acceptors (Lipinski definition) is 9. The van der Waals surface area contributed by atoms with E-state index >= 15 is 0 Å². The zero-order chi connectivity index (χ0) is 30.6. The van der Waals surface area contributed by atoms with Crippen LogP contribution in [0, 0.1) is 16.0 Å². The molecule has 1 saturated heterocycles. The molecule has 4 heterocycles. The van der Waals surface area contributed by atoms with Gasteiger partial charge in [-0.1, -0.05) is 29.2 Å². The van der Waals surface area contributed by atoms with Gasteiger partial charge in [-0.05, 0) is 42.5 Å². The molecule has 0 radical (unpaired) electrons. The molecule has 43 heavy (non-hydrogen) atoms. The summed E-state index contributed by atoms with van der Waals surface area (Å²) in [6, 6.07) is 12.2. The van der Waals surface area contributed by atoms with Crippen molar-refractivity contribution in [2.75, 3.05) is 10.2 Å². The molecular formula is C27H17F3N4O7S2. The van der Waals surface area contributed by atoms with E-state index in [9.17, 15) is 42.5 Å². The lowest BCUT2D eigenvalue weighted by Crippen LogP contribution is -2.32. The van der Waals surface area contributed by atoms with E-state index in [1.54, 1.807) is 12.1 Å². The van der Waals surface area contributed by atoms with Crippen LogP contribution >= 0.6 is 23.1 Å². The van der Waals surface area contributed by atoms with Crippen molar-refractivity contribution in [3.8, 4) is 0 Å². The Morgan fingerprint density at radius 1 is 1.05 bits per heavy atom. The third-order valence-corrected chi connectivity index (χ3v) is 9.60. The van der Waals surface area contributed by atoms with Crippen LogP contribution < -0.4 is 15.1 Å². The number of nitro groups is 1. The quantitative estimate of drug-likeness (QED) is 0.181. The van der Waals surface area contributed by atoms with Gasteiger partial charge in [0.15, 0.2) is 0 Å². The number of furan rings is 1. The minimum atomic E-state index is -4.62. The maximum absolute atomic E-state index is 13.7. The van der Waals surface area contributed by atoms with Crippen molar-refractivity contribution < 1.29 is 36.9 Å². The molecule has 2 aliphatic rings. The maximum atomic E-state index is 13.7. The molecule has 6 rings (SSSR count). The third-order valence-electron chi connectivity index (χ3n) is 6.99. The highest BCUT2D eigenvalue weighted by Crippen LogP contribution is 2.54. The molecule has 0 saturated carbocycles. The molecule has 2 unspecified atom stereocenters. The lowest BCUT2D eigenvalue weighted by Gasteiger charge is -2.29. The number of nitro benzene ring substituents is 1. The molecule has 1 N–H and O–H groups in total. The number of benzene rings is 2. The number of hydrogen-bond donors (Lipinski definition) is 1. The fraction of sp³-hybridized carbons (Fsp3) is 0.185. The van der Waals surface area contributed by atoms with Gasteiger partial charge in [0.1, 0.15) is 17.6 Å². The first-order valence-corrected chi connectivity index (χ1v) is 14.2. The number of non-ortho nitro benzene ring substituents is 1. The number of carbonyl (C=O) groups is 3. The van der Waals surface area contributed by atoms with Crippen LogP contribution in [-0.2, 0) is 27.1 Å². The Kier molecular flexibility index (Phi) is 6.96. The van der Waals surface area contributed by atoms with Crippen molar-refractivity contribution in [1.29, 1.82) is 0 Å². The minimum absolute atomic E-state index is 0.117. The van der Waals surface area contributed by atoms with Gasteiger partial charge in [-0.2, -0.15) is 13.2 Å². The molecule has 11 nitrogen and oxygen atoms in total. The van der Waals surface area contributed by atoms with E-state index in [0.717, 1.165) is 50.8 Å². The lowest BCUT2D eigenvalue weighted by molar-refractivity contribution is -0.384. The largest absolute Gasteiger partial charge is 0.469 e. The third kappa shape index (κ3) is 5.01. The Hall–Kier alpha value is -4.70. The number of amides is 3. The number of imide groups is 1. The fourth-order valence-electron chi connectivity index (χ4n) is 5.13. The number of carbonyl (C=O) groups excluding carboxylic acids is 3. The van der Waals surface area contributed by atoms with Gasteiger partial charge in [0.05, 0.1) is 44.2 Å². The number of halogens is 3. The molecule has 1 fully saturated rings. The Morgan fingerprint density at radius 2 is 1.79 bits per heavy atom. The second-order valence-corrected chi connectivity index (χ2v) is 11.7. The zero-order valence-corrected chi connectivity index (χ0v) is 23.1. The van der Waals surface area contributed by atoms with Crippen LogP contribution in [0.25, 0.3) is 0 Å². The monoisotopic (exact) mass is 630 g/mol. The van der Waals surface area contributed by atoms with Crippen molar-refractivity contribution in [3.05, 3.63) is 103 Å². The minimum Gasteiger partial charge on any atom is -0.469 e. The van der Waals surface area contributed by atoms with Crippen LogP contribution in [0.3, 0.4) is 0 Å². The summed E-state index contributed by atoms with van der Waals surface area (Å²) in [4.78, 5) is 64.7. The molecule has 0 bridgehead atoms. The summed E-state index contributed by atoms with van der Waals surface area (Å²) >= 11 is 1.70. The number of anilines is 2. The number of thiazole rings is 1. The second-order valence-electron chi connectivity index (χ2n) is 9.59. The van der Waals surface area contributed by atoms with Crippen LogP contribution in [-0.4, -0.2) is 32.5 Å². The highest BCUT2D eigenvalue weighted by atomic mass is 32.2. The lowest BCUT2D eigenvalue weighted by atomic mass is 9.87. The van der Waals surface area contributed by atoms with Crippen molar-refractivity contribution in [1.82, 2.24) is 4.57 Å². The summed E-state index contributed by atoms with van der Waals surface area (Å²) in [5, 5.41) is 12.7. The SMILES string of the molecule is O=C(Cn1c2c(sc1=O)[C@H](c1ccco1)C1C(=O)N(c3ccc([N+](=O)[O-])cc3)C(=O)C1S2)Nc1cccc(C(F)(F)F)c1. The van der Waals surface area contributed by atoms with Gasteiger partial charge in [0.25, 0.3) is 5.69 Å². The first-order valence-electron chi connectivity index (χ1n) is 12.5. The number of nitrogens with zero attached hydrogens (tertiary/aromatic N) is 3. The highest BCUT2D eigenvalue weighted by Gasteiger charge is 2.57. The predicted molar refractivity (Wildman–Crippen MR) is 148 cm³/mol. The van der Waals surface area contributed by atoms with Gasteiger partial charge in [-0.15, -0.1) is 0 Å². The van der Waals surface area contributed by atoms with Crippen LogP contribution in [0.4, 0.5) is 30.2 Å². The van der Waals surface area contributed by atoms with Crippen LogP contribution in [0.5, 0.6) is 0 Å². The van der Waals surface area contributed by atoms with E-state index in [4.69, 9.17) is 4.42 Å². The van der Waals surface area contributed by atoms with Gasteiger partial charge < -0.3 is 9.73 Å². The molecule has 220 valence electrons. The fourth-order valence-corrected chi connectivity index (χ4v) is 7.88. The summed E-state index contributed by atoms with van der Waals surface area (Å²) in [6.45, 7) is -0.565. The molecule has 0 spiro atoms. The number of aromatic nitrogens is 1.